The van der Waals surface area contributed by atoms with Crippen molar-refractivity contribution in [3.8, 4) is 0 Å². The van der Waals surface area contributed by atoms with Gasteiger partial charge < -0.3 is 19.9 Å². The number of hydrogen-bond donors (Lipinski definition) is 2. The normalized spacial score (nSPS) is 19.8. The van der Waals surface area contributed by atoms with Gasteiger partial charge in [-0.3, -0.25) is 4.79 Å². The number of anilines is 2. The van der Waals surface area contributed by atoms with Gasteiger partial charge in [0.2, 0.25) is 6.41 Å². The predicted octanol–water partition coefficient (Wildman–Crippen LogP) is 1.60. The van der Waals surface area contributed by atoms with Crippen LogP contribution in [0.2, 0.25) is 0 Å². The summed E-state index contributed by atoms with van der Waals surface area (Å²) in [5.41, 5.74) is 1.67. The van der Waals surface area contributed by atoms with Gasteiger partial charge in [0.25, 0.3) is 0 Å². The highest BCUT2D eigenvalue weighted by atomic mass is 16.7. The Bertz CT molecular complexity index is 501. The summed E-state index contributed by atoms with van der Waals surface area (Å²) < 4.78 is 12.0. The van der Waals surface area contributed by atoms with E-state index >= 15 is 0 Å². The average molecular weight is 276 g/mol. The maximum atomic E-state index is 10.7. The Morgan fingerprint density at radius 1 is 1.10 bits per heavy atom. The highest BCUT2D eigenvalue weighted by Gasteiger charge is 2.51. The molecule has 1 aliphatic heterocycles. The molecular weight excluding hydrogens is 255 g/mol. The topological polar surface area (TPSA) is 59.6 Å². The third-order valence-electron chi connectivity index (χ3n) is 4.05. The molecule has 0 bridgehead atoms. The molecule has 108 valence electrons. The second-order valence-electron chi connectivity index (χ2n) is 5.91. The Labute approximate surface area is 120 Å². The fourth-order valence-corrected chi connectivity index (χ4v) is 2.09. The van der Waals surface area contributed by atoms with Gasteiger partial charge in [-0.05, 0) is 45.3 Å². The van der Waals surface area contributed by atoms with Gasteiger partial charge in [-0.1, -0.05) is 6.07 Å². The Balaban J connectivity index is 2.31. The summed E-state index contributed by atoms with van der Waals surface area (Å²) in [5, 5.41) is 5.71. The Morgan fingerprint density at radius 3 is 2.20 bits per heavy atom. The molecule has 0 atom stereocenters. The number of amides is 1. The van der Waals surface area contributed by atoms with Gasteiger partial charge in [-0.2, -0.15) is 0 Å². The third kappa shape index (κ3) is 2.53. The summed E-state index contributed by atoms with van der Waals surface area (Å²) in [6, 6.07) is 5.69. The molecule has 1 amide bonds. The summed E-state index contributed by atoms with van der Waals surface area (Å²) in [5.74, 6) is 0. The molecule has 0 unspecified atom stereocenters. The molecule has 1 aromatic carbocycles. The van der Waals surface area contributed by atoms with Crippen molar-refractivity contribution in [3.63, 3.8) is 0 Å². The number of carbonyl (C=O) groups excluding carboxylic acids is 1. The lowest BCUT2D eigenvalue weighted by atomic mass is 9.79. The molecule has 0 spiro atoms. The molecule has 0 aromatic heterocycles. The molecule has 1 saturated heterocycles. The van der Waals surface area contributed by atoms with Gasteiger partial charge in [-0.25, -0.2) is 0 Å². The van der Waals surface area contributed by atoms with Crippen molar-refractivity contribution in [2.75, 3.05) is 17.7 Å². The maximum absolute atomic E-state index is 10.7. The first kappa shape index (κ1) is 14.9. The molecule has 0 aliphatic carbocycles. The summed E-state index contributed by atoms with van der Waals surface area (Å²) in [7, 11) is 1.37. The second kappa shape index (κ2) is 5.11. The number of benzene rings is 1. The van der Waals surface area contributed by atoms with Crippen molar-refractivity contribution in [1.82, 2.24) is 0 Å². The van der Waals surface area contributed by atoms with Crippen molar-refractivity contribution >= 4 is 30.4 Å². The molecule has 20 heavy (non-hydrogen) atoms. The van der Waals surface area contributed by atoms with Gasteiger partial charge in [0.1, 0.15) is 0 Å². The van der Waals surface area contributed by atoms with E-state index < -0.39 is 7.12 Å². The van der Waals surface area contributed by atoms with E-state index in [9.17, 15) is 4.79 Å². The van der Waals surface area contributed by atoms with E-state index in [0.717, 1.165) is 11.2 Å². The van der Waals surface area contributed by atoms with Crippen molar-refractivity contribution in [3.05, 3.63) is 18.2 Å². The van der Waals surface area contributed by atoms with E-state index in [-0.39, 0.29) is 11.2 Å². The molecule has 5 nitrogen and oxygen atoms in total. The van der Waals surface area contributed by atoms with Crippen LogP contribution in [0, 0.1) is 0 Å². The monoisotopic (exact) mass is 276 g/mol. The zero-order chi connectivity index (χ0) is 15.0. The minimum Gasteiger partial charge on any atom is -0.399 e. The van der Waals surface area contributed by atoms with Gasteiger partial charge in [0, 0.05) is 7.05 Å². The quantitative estimate of drug-likeness (QED) is 0.647. The van der Waals surface area contributed by atoms with E-state index in [0.29, 0.717) is 12.1 Å². The molecule has 2 rings (SSSR count). The van der Waals surface area contributed by atoms with Crippen LogP contribution in [0.5, 0.6) is 0 Å². The Kier molecular flexibility index (Phi) is 3.80. The zero-order valence-corrected chi connectivity index (χ0v) is 12.6. The van der Waals surface area contributed by atoms with Crippen molar-refractivity contribution in [1.29, 1.82) is 0 Å². The predicted molar refractivity (Wildman–Crippen MR) is 81.4 cm³/mol. The van der Waals surface area contributed by atoms with Gasteiger partial charge in [-0.15, -0.1) is 0 Å². The van der Waals surface area contributed by atoms with Gasteiger partial charge in [0.15, 0.2) is 0 Å². The average Bonchev–Trinajstić information content (AvgIpc) is 2.59. The van der Waals surface area contributed by atoms with Crippen LogP contribution in [-0.2, 0) is 14.1 Å². The maximum Gasteiger partial charge on any atom is 0.494 e. The van der Waals surface area contributed by atoms with Crippen LogP contribution < -0.4 is 16.1 Å². The SMILES string of the molecule is CNc1ccc(B2OC(C)(C)C(C)(C)O2)cc1NC=O. The molecule has 1 fully saturated rings. The Morgan fingerprint density at radius 2 is 1.70 bits per heavy atom. The molecule has 1 aliphatic rings. The first-order valence-corrected chi connectivity index (χ1v) is 6.68. The molecule has 0 radical (unpaired) electrons. The first-order valence-electron chi connectivity index (χ1n) is 6.68. The molecule has 0 saturated carbocycles. The fourth-order valence-electron chi connectivity index (χ4n) is 2.09. The van der Waals surface area contributed by atoms with Crippen LogP contribution in [0.25, 0.3) is 0 Å². The second-order valence-corrected chi connectivity index (χ2v) is 5.91. The van der Waals surface area contributed by atoms with E-state index in [1.807, 2.05) is 45.9 Å². The highest BCUT2D eigenvalue weighted by molar-refractivity contribution is 6.62. The highest BCUT2D eigenvalue weighted by Crippen LogP contribution is 2.36. The lowest BCUT2D eigenvalue weighted by molar-refractivity contribution is -0.105. The minimum atomic E-state index is -0.432. The van der Waals surface area contributed by atoms with Crippen LogP contribution in [0.3, 0.4) is 0 Å². The Hall–Kier alpha value is -1.53. The van der Waals surface area contributed by atoms with Crippen LogP contribution in [0.15, 0.2) is 18.2 Å². The van der Waals surface area contributed by atoms with Gasteiger partial charge >= 0.3 is 7.12 Å². The molecule has 1 aromatic rings. The number of carbonyl (C=O) groups is 1. The minimum absolute atomic E-state index is 0.377. The summed E-state index contributed by atoms with van der Waals surface area (Å²) in [6.07, 6.45) is 0.657. The van der Waals surface area contributed by atoms with E-state index in [2.05, 4.69) is 10.6 Å². The lowest BCUT2D eigenvalue weighted by Gasteiger charge is -2.32. The van der Waals surface area contributed by atoms with Crippen LogP contribution in [-0.4, -0.2) is 31.8 Å². The first-order chi connectivity index (χ1) is 9.30. The molecule has 6 heteroatoms. The summed E-state index contributed by atoms with van der Waals surface area (Å²) in [4.78, 5) is 10.7. The molecule has 2 N–H and O–H groups in total. The summed E-state index contributed by atoms with van der Waals surface area (Å²) in [6.45, 7) is 8.05. The largest absolute Gasteiger partial charge is 0.494 e. The van der Waals surface area contributed by atoms with E-state index in [4.69, 9.17) is 9.31 Å². The lowest BCUT2D eigenvalue weighted by Crippen LogP contribution is -2.41. The van der Waals surface area contributed by atoms with Crippen molar-refractivity contribution in [2.45, 2.75) is 38.9 Å². The smallest absolute Gasteiger partial charge is 0.399 e. The zero-order valence-electron chi connectivity index (χ0n) is 12.6. The number of hydrogen-bond acceptors (Lipinski definition) is 4. The molecule has 1 heterocycles. The fraction of sp³-hybridized carbons (Fsp3) is 0.500. The van der Waals surface area contributed by atoms with Crippen LogP contribution in [0.1, 0.15) is 27.7 Å². The van der Waals surface area contributed by atoms with E-state index in [1.165, 1.54) is 0 Å². The summed E-state index contributed by atoms with van der Waals surface area (Å²) >= 11 is 0. The van der Waals surface area contributed by atoms with E-state index in [1.54, 1.807) is 7.05 Å². The number of nitrogens with one attached hydrogen (secondary N) is 2. The third-order valence-corrected chi connectivity index (χ3v) is 4.05. The van der Waals surface area contributed by atoms with Crippen LogP contribution in [0.4, 0.5) is 11.4 Å². The molecular formula is C14H21BN2O3. The van der Waals surface area contributed by atoms with Crippen molar-refractivity contribution in [2.24, 2.45) is 0 Å². The standard InChI is InChI=1S/C14H21BN2O3/c1-13(2)14(3,4)20-15(19-13)10-6-7-11(16-5)12(8-10)17-9-18/h6-9,16H,1-5H3,(H,17,18). The van der Waals surface area contributed by atoms with Crippen LogP contribution >= 0.6 is 0 Å². The van der Waals surface area contributed by atoms with Gasteiger partial charge in [0.05, 0.1) is 22.6 Å². The number of rotatable bonds is 4. The van der Waals surface area contributed by atoms with Crippen molar-refractivity contribution < 1.29 is 14.1 Å².